The first-order chi connectivity index (χ1) is 7.34. The van der Waals surface area contributed by atoms with Gasteiger partial charge in [0.05, 0.1) is 25.5 Å². The molecule has 1 aromatic heterocycles. The molecule has 0 bridgehead atoms. The molecular formula is C11H18N2O2. The van der Waals surface area contributed by atoms with Crippen LogP contribution in [0.4, 0.5) is 0 Å². The smallest absolute Gasteiger partial charge is 0.117 e. The topological polar surface area (TPSA) is 37.6 Å². The van der Waals surface area contributed by atoms with Gasteiger partial charge in [0.25, 0.3) is 0 Å². The van der Waals surface area contributed by atoms with E-state index in [-0.39, 0.29) is 0 Å². The van der Waals surface area contributed by atoms with Gasteiger partial charge in [-0.05, 0) is 19.2 Å². The van der Waals surface area contributed by atoms with Crippen molar-refractivity contribution in [3.63, 3.8) is 0 Å². The van der Waals surface area contributed by atoms with E-state index in [1.807, 2.05) is 12.1 Å². The van der Waals surface area contributed by atoms with Crippen molar-refractivity contribution in [3.05, 3.63) is 24.2 Å². The summed E-state index contributed by atoms with van der Waals surface area (Å²) < 4.78 is 10.9. The second-order valence-electron chi connectivity index (χ2n) is 3.97. The zero-order valence-corrected chi connectivity index (χ0v) is 9.11. The summed E-state index contributed by atoms with van der Waals surface area (Å²) >= 11 is 0. The molecule has 2 rings (SSSR count). The third-order valence-electron chi connectivity index (χ3n) is 2.59. The van der Waals surface area contributed by atoms with Crippen molar-refractivity contribution in [3.8, 4) is 0 Å². The maximum absolute atomic E-state index is 5.63. The number of hydrogen-bond donors (Lipinski definition) is 1. The molecule has 1 saturated heterocycles. The number of hydrogen-bond acceptors (Lipinski definition) is 4. The highest BCUT2D eigenvalue weighted by Crippen LogP contribution is 2.03. The van der Waals surface area contributed by atoms with E-state index in [2.05, 4.69) is 17.3 Å². The van der Waals surface area contributed by atoms with Crippen LogP contribution in [-0.2, 0) is 11.3 Å². The Morgan fingerprint density at radius 3 is 3.27 bits per heavy atom. The number of furan rings is 1. The zero-order chi connectivity index (χ0) is 10.5. The molecule has 1 N–H and O–H groups in total. The van der Waals surface area contributed by atoms with Gasteiger partial charge in [-0.25, -0.2) is 0 Å². The molecule has 0 radical (unpaired) electrons. The van der Waals surface area contributed by atoms with Crippen LogP contribution in [0.3, 0.4) is 0 Å². The van der Waals surface area contributed by atoms with E-state index in [4.69, 9.17) is 9.15 Å². The third-order valence-corrected chi connectivity index (χ3v) is 2.59. The van der Waals surface area contributed by atoms with Gasteiger partial charge in [-0.2, -0.15) is 0 Å². The van der Waals surface area contributed by atoms with Crippen molar-refractivity contribution in [1.82, 2.24) is 10.2 Å². The van der Waals surface area contributed by atoms with Crippen LogP contribution in [0.5, 0.6) is 0 Å². The largest absolute Gasteiger partial charge is 0.468 e. The molecule has 0 amide bonds. The summed E-state index contributed by atoms with van der Waals surface area (Å²) in [6.07, 6.45) is 2.00. The molecule has 1 atom stereocenters. The molecule has 2 heterocycles. The molecular weight excluding hydrogens is 192 g/mol. The fourth-order valence-corrected chi connectivity index (χ4v) is 1.76. The van der Waals surface area contributed by atoms with E-state index in [0.717, 1.165) is 38.5 Å². The number of nitrogens with zero attached hydrogens (tertiary/aromatic N) is 1. The SMILES string of the molecule is CN1CCO[C@@H](CNCc2ccco2)C1. The first kappa shape index (κ1) is 10.7. The summed E-state index contributed by atoms with van der Waals surface area (Å²) in [4.78, 5) is 2.29. The monoisotopic (exact) mass is 210 g/mol. The maximum Gasteiger partial charge on any atom is 0.117 e. The molecule has 15 heavy (non-hydrogen) atoms. The summed E-state index contributed by atoms with van der Waals surface area (Å²) in [6, 6.07) is 3.88. The van der Waals surface area contributed by atoms with Crippen LogP contribution in [0.1, 0.15) is 5.76 Å². The highest BCUT2D eigenvalue weighted by atomic mass is 16.5. The Kier molecular flexibility index (Phi) is 3.77. The molecule has 84 valence electrons. The molecule has 1 fully saturated rings. The third kappa shape index (κ3) is 3.34. The van der Waals surface area contributed by atoms with Crippen molar-refractivity contribution in [1.29, 1.82) is 0 Å². The van der Waals surface area contributed by atoms with Gasteiger partial charge in [0, 0.05) is 19.6 Å². The van der Waals surface area contributed by atoms with Crippen LogP contribution >= 0.6 is 0 Å². The van der Waals surface area contributed by atoms with Gasteiger partial charge < -0.3 is 19.4 Å². The minimum absolute atomic E-state index is 0.304. The Balaban J connectivity index is 1.65. The lowest BCUT2D eigenvalue weighted by Crippen LogP contribution is -2.44. The lowest BCUT2D eigenvalue weighted by molar-refractivity contribution is -0.0183. The maximum atomic E-state index is 5.63. The highest BCUT2D eigenvalue weighted by molar-refractivity contribution is 4.97. The average Bonchev–Trinajstić information content (AvgIpc) is 2.71. The Bertz CT molecular complexity index is 274. The second kappa shape index (κ2) is 5.30. The van der Waals surface area contributed by atoms with Gasteiger partial charge in [-0.1, -0.05) is 0 Å². The van der Waals surface area contributed by atoms with Crippen LogP contribution in [0.25, 0.3) is 0 Å². The van der Waals surface area contributed by atoms with Crippen LogP contribution in [-0.4, -0.2) is 44.3 Å². The fraction of sp³-hybridized carbons (Fsp3) is 0.636. The summed E-state index contributed by atoms with van der Waals surface area (Å²) in [5.74, 6) is 0.971. The molecule has 1 aromatic rings. The van der Waals surface area contributed by atoms with E-state index >= 15 is 0 Å². The van der Waals surface area contributed by atoms with Gasteiger partial charge in [-0.3, -0.25) is 0 Å². The predicted molar refractivity (Wildman–Crippen MR) is 57.7 cm³/mol. The molecule has 0 spiro atoms. The molecule has 4 heteroatoms. The van der Waals surface area contributed by atoms with Crippen LogP contribution in [0, 0.1) is 0 Å². The van der Waals surface area contributed by atoms with Crippen molar-refractivity contribution in [2.24, 2.45) is 0 Å². The Labute approximate surface area is 90.2 Å². The second-order valence-corrected chi connectivity index (χ2v) is 3.97. The Hall–Kier alpha value is -0.840. The standard InChI is InChI=1S/C11H18N2O2/c1-13-4-6-15-11(9-13)8-12-7-10-3-2-5-14-10/h2-3,5,11-12H,4,6-9H2,1H3/t11-/m0/s1. The van der Waals surface area contributed by atoms with Gasteiger partial charge in [0.15, 0.2) is 0 Å². The van der Waals surface area contributed by atoms with E-state index in [1.165, 1.54) is 0 Å². The van der Waals surface area contributed by atoms with Crippen LogP contribution in [0.2, 0.25) is 0 Å². The summed E-state index contributed by atoms with van der Waals surface area (Å²) in [5, 5.41) is 3.33. The summed E-state index contributed by atoms with van der Waals surface area (Å²) in [6.45, 7) is 4.53. The summed E-state index contributed by atoms with van der Waals surface area (Å²) in [7, 11) is 2.13. The first-order valence-electron chi connectivity index (χ1n) is 5.38. The molecule has 0 saturated carbocycles. The molecule has 0 aromatic carbocycles. The lowest BCUT2D eigenvalue weighted by atomic mass is 10.3. The minimum Gasteiger partial charge on any atom is -0.468 e. The molecule has 1 aliphatic heterocycles. The van der Waals surface area contributed by atoms with Crippen molar-refractivity contribution in [2.45, 2.75) is 12.6 Å². The zero-order valence-electron chi connectivity index (χ0n) is 9.11. The number of likely N-dealkylation sites (N-methyl/N-ethyl adjacent to an activating group) is 1. The van der Waals surface area contributed by atoms with E-state index in [9.17, 15) is 0 Å². The quantitative estimate of drug-likeness (QED) is 0.794. The predicted octanol–water partition coefficient (Wildman–Crippen LogP) is 0.700. The van der Waals surface area contributed by atoms with E-state index < -0.39 is 0 Å². The van der Waals surface area contributed by atoms with E-state index in [1.54, 1.807) is 6.26 Å². The summed E-state index contributed by atoms with van der Waals surface area (Å²) in [5.41, 5.74) is 0. The van der Waals surface area contributed by atoms with Crippen molar-refractivity contribution in [2.75, 3.05) is 33.3 Å². The minimum atomic E-state index is 0.304. The molecule has 4 nitrogen and oxygen atoms in total. The fourth-order valence-electron chi connectivity index (χ4n) is 1.76. The van der Waals surface area contributed by atoms with E-state index in [0.29, 0.717) is 6.10 Å². The molecule has 1 aliphatic rings. The van der Waals surface area contributed by atoms with Gasteiger partial charge in [0.1, 0.15) is 5.76 Å². The first-order valence-corrected chi connectivity index (χ1v) is 5.38. The van der Waals surface area contributed by atoms with Gasteiger partial charge >= 0.3 is 0 Å². The van der Waals surface area contributed by atoms with Gasteiger partial charge in [0.2, 0.25) is 0 Å². The average molecular weight is 210 g/mol. The number of rotatable bonds is 4. The molecule has 0 unspecified atom stereocenters. The Morgan fingerprint density at radius 1 is 1.60 bits per heavy atom. The van der Waals surface area contributed by atoms with Crippen molar-refractivity contribution < 1.29 is 9.15 Å². The van der Waals surface area contributed by atoms with Crippen molar-refractivity contribution >= 4 is 0 Å². The lowest BCUT2D eigenvalue weighted by Gasteiger charge is -2.30. The highest BCUT2D eigenvalue weighted by Gasteiger charge is 2.16. The van der Waals surface area contributed by atoms with Gasteiger partial charge in [-0.15, -0.1) is 0 Å². The normalized spacial score (nSPS) is 23.1. The number of morpholine rings is 1. The Morgan fingerprint density at radius 2 is 2.53 bits per heavy atom. The number of nitrogens with one attached hydrogen (secondary N) is 1. The van der Waals surface area contributed by atoms with Crippen LogP contribution in [0.15, 0.2) is 22.8 Å². The van der Waals surface area contributed by atoms with Crippen LogP contribution < -0.4 is 5.32 Å². The molecule has 0 aliphatic carbocycles. The number of ether oxygens (including phenoxy) is 1.